The maximum Gasteiger partial charge on any atom is 0.258 e. The van der Waals surface area contributed by atoms with Crippen molar-refractivity contribution in [3.8, 4) is 5.75 Å². The first kappa shape index (κ1) is 16.5. The lowest BCUT2D eigenvalue weighted by atomic mass is 9.98. The predicted octanol–water partition coefficient (Wildman–Crippen LogP) is 3.75. The van der Waals surface area contributed by atoms with Crippen molar-refractivity contribution in [3.63, 3.8) is 0 Å². The number of amides is 1. The van der Waals surface area contributed by atoms with Crippen molar-refractivity contribution in [1.29, 1.82) is 0 Å². The molecule has 1 unspecified atom stereocenters. The minimum atomic E-state index is -0.308. The third-order valence-corrected chi connectivity index (χ3v) is 4.19. The molecule has 0 spiro atoms. The summed E-state index contributed by atoms with van der Waals surface area (Å²) in [6.07, 6.45) is 0.542. The molecule has 0 N–H and O–H groups in total. The zero-order chi connectivity index (χ0) is 17.1. The molecule has 1 heterocycles. The molecule has 124 valence electrons. The molecule has 1 atom stereocenters. The largest absolute Gasteiger partial charge is 0.497 e. The highest BCUT2D eigenvalue weighted by atomic mass is 35.5. The maximum absolute atomic E-state index is 13.1. The first-order chi connectivity index (χ1) is 11.6. The van der Waals surface area contributed by atoms with Gasteiger partial charge >= 0.3 is 0 Å². The molecule has 1 aliphatic heterocycles. The third-order valence-electron chi connectivity index (χ3n) is 3.96. The van der Waals surface area contributed by atoms with Crippen LogP contribution in [-0.4, -0.2) is 29.6 Å². The van der Waals surface area contributed by atoms with E-state index in [-0.39, 0.29) is 23.6 Å². The number of hydrogen-bond acceptors (Lipinski definition) is 3. The van der Waals surface area contributed by atoms with Gasteiger partial charge in [-0.05, 0) is 35.4 Å². The smallest absolute Gasteiger partial charge is 0.258 e. The summed E-state index contributed by atoms with van der Waals surface area (Å²) >= 11 is 5.72. The van der Waals surface area contributed by atoms with Crippen LogP contribution in [0.4, 0.5) is 4.39 Å². The van der Waals surface area contributed by atoms with E-state index in [1.165, 1.54) is 17.1 Å². The highest BCUT2D eigenvalue weighted by molar-refractivity contribution is 6.27. The van der Waals surface area contributed by atoms with E-state index in [0.717, 1.165) is 22.6 Å². The Kier molecular flexibility index (Phi) is 4.81. The lowest BCUT2D eigenvalue weighted by molar-refractivity contribution is -0.130. The fourth-order valence-corrected chi connectivity index (χ4v) is 2.83. The number of ether oxygens (including phenoxy) is 1. The number of nitrogens with zero attached hydrogens (tertiary/aromatic N) is 2. The van der Waals surface area contributed by atoms with Crippen LogP contribution in [0, 0.1) is 5.82 Å². The van der Waals surface area contributed by atoms with E-state index < -0.39 is 0 Å². The molecule has 0 radical (unpaired) electrons. The van der Waals surface area contributed by atoms with Gasteiger partial charge in [-0.25, -0.2) is 9.40 Å². The Morgan fingerprint density at radius 2 is 1.92 bits per heavy atom. The fourth-order valence-electron chi connectivity index (χ4n) is 2.70. The molecule has 0 fully saturated rings. The van der Waals surface area contributed by atoms with Crippen molar-refractivity contribution >= 4 is 23.2 Å². The number of hydrazone groups is 1. The Hall–Kier alpha value is -2.40. The van der Waals surface area contributed by atoms with Crippen LogP contribution >= 0.6 is 11.6 Å². The zero-order valence-corrected chi connectivity index (χ0v) is 13.8. The van der Waals surface area contributed by atoms with Gasteiger partial charge in [0.15, 0.2) is 0 Å². The number of rotatable bonds is 4. The van der Waals surface area contributed by atoms with Gasteiger partial charge in [0, 0.05) is 6.42 Å². The second-order valence-electron chi connectivity index (χ2n) is 5.42. The average molecular weight is 347 g/mol. The van der Waals surface area contributed by atoms with Crippen LogP contribution in [0.25, 0.3) is 0 Å². The fraction of sp³-hybridized carbons (Fsp3) is 0.222. The minimum absolute atomic E-state index is 0.146. The van der Waals surface area contributed by atoms with Gasteiger partial charge in [0.2, 0.25) is 0 Å². The van der Waals surface area contributed by atoms with E-state index in [0.29, 0.717) is 6.42 Å². The topological polar surface area (TPSA) is 41.9 Å². The molecule has 0 saturated carbocycles. The quantitative estimate of drug-likeness (QED) is 0.791. The number of methoxy groups -OCH3 is 1. The second-order valence-corrected chi connectivity index (χ2v) is 5.69. The Balaban J connectivity index is 1.91. The summed E-state index contributed by atoms with van der Waals surface area (Å²) in [5, 5.41) is 5.83. The summed E-state index contributed by atoms with van der Waals surface area (Å²) in [6.45, 7) is 0. The molecule has 0 aromatic heterocycles. The van der Waals surface area contributed by atoms with E-state index >= 15 is 0 Å². The molecule has 0 saturated heterocycles. The van der Waals surface area contributed by atoms with Crippen LogP contribution in [-0.2, 0) is 4.79 Å². The number of halogens is 2. The van der Waals surface area contributed by atoms with Gasteiger partial charge in [-0.15, -0.1) is 11.6 Å². The van der Waals surface area contributed by atoms with Crippen LogP contribution in [0.3, 0.4) is 0 Å². The van der Waals surface area contributed by atoms with Gasteiger partial charge in [0.1, 0.15) is 17.4 Å². The van der Waals surface area contributed by atoms with E-state index in [1.54, 1.807) is 19.2 Å². The highest BCUT2D eigenvalue weighted by Crippen LogP contribution is 2.33. The Morgan fingerprint density at radius 1 is 1.25 bits per heavy atom. The van der Waals surface area contributed by atoms with Crippen LogP contribution in [0.5, 0.6) is 5.75 Å². The van der Waals surface area contributed by atoms with Gasteiger partial charge in [-0.2, -0.15) is 5.10 Å². The molecule has 0 bridgehead atoms. The molecule has 2 aromatic rings. The highest BCUT2D eigenvalue weighted by Gasteiger charge is 2.32. The van der Waals surface area contributed by atoms with E-state index in [2.05, 4.69) is 5.10 Å². The van der Waals surface area contributed by atoms with Gasteiger partial charge in [0.25, 0.3) is 5.91 Å². The Morgan fingerprint density at radius 3 is 2.50 bits per heavy atom. The molecule has 24 heavy (non-hydrogen) atoms. The molecular weight excluding hydrogens is 331 g/mol. The Labute approximate surface area is 144 Å². The maximum atomic E-state index is 13.1. The van der Waals surface area contributed by atoms with Crippen molar-refractivity contribution in [3.05, 3.63) is 65.5 Å². The molecule has 6 heteroatoms. The van der Waals surface area contributed by atoms with Gasteiger partial charge in [-0.3, -0.25) is 4.79 Å². The summed E-state index contributed by atoms with van der Waals surface area (Å²) in [5.41, 5.74) is 2.46. The van der Waals surface area contributed by atoms with Crippen LogP contribution < -0.4 is 4.74 Å². The average Bonchev–Trinajstić information content (AvgIpc) is 3.07. The molecular formula is C18H16ClFN2O2. The summed E-state index contributed by atoms with van der Waals surface area (Å²) in [4.78, 5) is 12.2. The predicted molar refractivity (Wildman–Crippen MR) is 90.9 cm³/mol. The van der Waals surface area contributed by atoms with Crippen molar-refractivity contribution < 1.29 is 13.9 Å². The van der Waals surface area contributed by atoms with Crippen molar-refractivity contribution in [2.24, 2.45) is 5.10 Å². The van der Waals surface area contributed by atoms with E-state index in [9.17, 15) is 9.18 Å². The molecule has 0 aliphatic carbocycles. The lowest BCUT2D eigenvalue weighted by Gasteiger charge is -2.21. The number of hydrogen-bond donors (Lipinski definition) is 0. The van der Waals surface area contributed by atoms with Gasteiger partial charge < -0.3 is 4.74 Å². The number of alkyl halides is 1. The van der Waals surface area contributed by atoms with Crippen molar-refractivity contribution in [1.82, 2.24) is 5.01 Å². The minimum Gasteiger partial charge on any atom is -0.497 e. The zero-order valence-electron chi connectivity index (χ0n) is 13.1. The van der Waals surface area contributed by atoms with E-state index in [1.807, 2.05) is 24.3 Å². The number of benzene rings is 2. The van der Waals surface area contributed by atoms with Crippen LogP contribution in [0.1, 0.15) is 23.6 Å². The molecule has 2 aromatic carbocycles. The molecule has 1 amide bonds. The summed E-state index contributed by atoms with van der Waals surface area (Å²) < 4.78 is 18.3. The second kappa shape index (κ2) is 7.01. The number of carbonyl (C=O) groups is 1. The number of carbonyl (C=O) groups excluding carboxylic acids is 1. The third kappa shape index (κ3) is 3.26. The van der Waals surface area contributed by atoms with Crippen molar-refractivity contribution in [2.45, 2.75) is 12.5 Å². The van der Waals surface area contributed by atoms with Crippen LogP contribution in [0.2, 0.25) is 0 Å². The van der Waals surface area contributed by atoms with Gasteiger partial charge in [-0.1, -0.05) is 24.3 Å². The summed E-state index contributed by atoms with van der Waals surface area (Å²) in [7, 11) is 1.60. The van der Waals surface area contributed by atoms with E-state index in [4.69, 9.17) is 16.3 Å². The SMILES string of the molecule is COc1ccc(C2CC(c3ccc(F)cc3)=NN2C(=O)CCl)cc1. The van der Waals surface area contributed by atoms with Crippen LogP contribution in [0.15, 0.2) is 53.6 Å². The monoisotopic (exact) mass is 346 g/mol. The normalized spacial score (nSPS) is 16.9. The molecule has 3 rings (SSSR count). The first-order valence-corrected chi connectivity index (χ1v) is 8.01. The first-order valence-electron chi connectivity index (χ1n) is 7.47. The molecule has 1 aliphatic rings. The summed E-state index contributed by atoms with van der Waals surface area (Å²) in [6, 6.07) is 13.3. The lowest BCUT2D eigenvalue weighted by Crippen LogP contribution is -2.27. The summed E-state index contributed by atoms with van der Waals surface area (Å²) in [5.74, 6) is 0.0197. The molecule has 4 nitrogen and oxygen atoms in total. The van der Waals surface area contributed by atoms with Gasteiger partial charge in [0.05, 0.1) is 18.9 Å². The standard InChI is InChI=1S/C18H16ClFN2O2/c1-24-15-8-4-13(5-9-15)17-10-16(21-22(17)18(23)11-19)12-2-6-14(20)7-3-12/h2-9,17H,10-11H2,1H3. The van der Waals surface area contributed by atoms with Crippen molar-refractivity contribution in [2.75, 3.05) is 13.0 Å². The Bertz CT molecular complexity index is 760.